The SMILES string of the molecule is NCc1cn(CC(=O)NCCOC2CCCC2)nn1. The number of nitrogens with two attached hydrogens (primary N) is 1. The van der Waals surface area contributed by atoms with Crippen molar-refractivity contribution in [2.45, 2.75) is 44.9 Å². The molecule has 3 N–H and O–H groups in total. The quantitative estimate of drug-likeness (QED) is 0.668. The van der Waals surface area contributed by atoms with E-state index in [1.54, 1.807) is 6.20 Å². The fourth-order valence-corrected chi connectivity index (χ4v) is 2.18. The number of rotatable bonds is 7. The van der Waals surface area contributed by atoms with Crippen LogP contribution in [0, 0.1) is 0 Å². The van der Waals surface area contributed by atoms with Crippen LogP contribution in [0.3, 0.4) is 0 Å². The van der Waals surface area contributed by atoms with Crippen LogP contribution >= 0.6 is 0 Å². The highest BCUT2D eigenvalue weighted by Crippen LogP contribution is 2.20. The van der Waals surface area contributed by atoms with Crippen molar-refractivity contribution in [3.8, 4) is 0 Å². The average molecular weight is 267 g/mol. The van der Waals surface area contributed by atoms with E-state index < -0.39 is 0 Å². The van der Waals surface area contributed by atoms with Crippen molar-refractivity contribution in [1.82, 2.24) is 20.3 Å². The van der Waals surface area contributed by atoms with Crippen molar-refractivity contribution in [2.24, 2.45) is 5.73 Å². The first-order valence-corrected chi connectivity index (χ1v) is 6.75. The van der Waals surface area contributed by atoms with Crippen LogP contribution in [0.5, 0.6) is 0 Å². The van der Waals surface area contributed by atoms with Gasteiger partial charge in [-0.3, -0.25) is 4.79 Å². The molecule has 0 radical (unpaired) electrons. The van der Waals surface area contributed by atoms with Crippen molar-refractivity contribution in [2.75, 3.05) is 13.2 Å². The van der Waals surface area contributed by atoms with E-state index in [9.17, 15) is 4.79 Å². The molecule has 2 rings (SSSR count). The lowest BCUT2D eigenvalue weighted by atomic mass is 10.3. The maximum absolute atomic E-state index is 11.6. The summed E-state index contributed by atoms with van der Waals surface area (Å²) in [5.41, 5.74) is 6.10. The lowest BCUT2D eigenvalue weighted by Gasteiger charge is -2.11. The van der Waals surface area contributed by atoms with Gasteiger partial charge in [0.1, 0.15) is 6.54 Å². The molecule has 1 aliphatic carbocycles. The summed E-state index contributed by atoms with van der Waals surface area (Å²) in [6, 6.07) is 0. The van der Waals surface area contributed by atoms with Crippen LogP contribution < -0.4 is 11.1 Å². The van der Waals surface area contributed by atoms with E-state index in [2.05, 4.69) is 15.6 Å². The molecule has 1 aromatic heterocycles. The van der Waals surface area contributed by atoms with Gasteiger partial charge in [-0.15, -0.1) is 5.10 Å². The Morgan fingerprint density at radius 1 is 1.53 bits per heavy atom. The molecule has 7 heteroatoms. The highest BCUT2D eigenvalue weighted by molar-refractivity contribution is 5.75. The molecule has 0 aliphatic heterocycles. The molecule has 106 valence electrons. The van der Waals surface area contributed by atoms with E-state index in [1.807, 2.05) is 0 Å². The van der Waals surface area contributed by atoms with E-state index >= 15 is 0 Å². The lowest BCUT2D eigenvalue weighted by molar-refractivity contribution is -0.122. The highest BCUT2D eigenvalue weighted by atomic mass is 16.5. The number of amides is 1. The predicted molar refractivity (Wildman–Crippen MR) is 69.1 cm³/mol. The Morgan fingerprint density at radius 2 is 2.32 bits per heavy atom. The predicted octanol–water partition coefficient (Wildman–Crippen LogP) is -0.188. The zero-order chi connectivity index (χ0) is 13.5. The fourth-order valence-electron chi connectivity index (χ4n) is 2.18. The number of hydrogen-bond donors (Lipinski definition) is 2. The maximum atomic E-state index is 11.6. The van der Waals surface area contributed by atoms with E-state index in [1.165, 1.54) is 17.5 Å². The Labute approximate surface area is 112 Å². The van der Waals surface area contributed by atoms with E-state index in [4.69, 9.17) is 10.5 Å². The summed E-state index contributed by atoms with van der Waals surface area (Å²) in [5, 5.41) is 10.4. The van der Waals surface area contributed by atoms with Gasteiger partial charge in [0.25, 0.3) is 0 Å². The molecular formula is C12H21N5O2. The van der Waals surface area contributed by atoms with Crippen LogP contribution in [0.15, 0.2) is 6.20 Å². The third kappa shape index (κ3) is 4.60. The molecule has 7 nitrogen and oxygen atoms in total. The lowest BCUT2D eigenvalue weighted by Crippen LogP contribution is -2.31. The summed E-state index contributed by atoms with van der Waals surface area (Å²) in [7, 11) is 0. The van der Waals surface area contributed by atoms with Gasteiger partial charge in [-0.1, -0.05) is 18.1 Å². The molecule has 1 heterocycles. The van der Waals surface area contributed by atoms with Crippen molar-refractivity contribution in [3.63, 3.8) is 0 Å². The summed E-state index contributed by atoms with van der Waals surface area (Å²) in [6.07, 6.45) is 6.87. The number of aromatic nitrogens is 3. The average Bonchev–Trinajstić information content (AvgIpc) is 3.05. The summed E-state index contributed by atoms with van der Waals surface area (Å²) >= 11 is 0. The van der Waals surface area contributed by atoms with E-state index in [0.29, 0.717) is 31.5 Å². The topological polar surface area (TPSA) is 95.1 Å². The third-order valence-electron chi connectivity index (χ3n) is 3.18. The number of ether oxygens (including phenoxy) is 1. The van der Waals surface area contributed by atoms with Crippen molar-refractivity contribution in [1.29, 1.82) is 0 Å². The molecule has 1 aliphatic rings. The van der Waals surface area contributed by atoms with Gasteiger partial charge in [0.15, 0.2) is 0 Å². The minimum absolute atomic E-state index is 0.0940. The van der Waals surface area contributed by atoms with Crippen LogP contribution in [0.25, 0.3) is 0 Å². The normalized spacial score (nSPS) is 15.8. The van der Waals surface area contributed by atoms with Gasteiger partial charge in [-0.2, -0.15) is 0 Å². The zero-order valence-electron chi connectivity index (χ0n) is 11.0. The standard InChI is InChI=1S/C12H21N5O2/c13-7-10-8-17(16-15-10)9-12(18)14-5-6-19-11-3-1-2-4-11/h8,11H,1-7,9,13H2,(H,14,18). The molecule has 1 amide bonds. The first-order valence-electron chi connectivity index (χ1n) is 6.75. The Balaban J connectivity index is 1.58. The van der Waals surface area contributed by atoms with Gasteiger partial charge in [0.05, 0.1) is 24.6 Å². The Morgan fingerprint density at radius 3 is 3.00 bits per heavy atom. The van der Waals surface area contributed by atoms with Crippen LogP contribution in [-0.4, -0.2) is 40.2 Å². The van der Waals surface area contributed by atoms with Crippen LogP contribution in [0.1, 0.15) is 31.4 Å². The first-order chi connectivity index (χ1) is 9.28. The molecule has 0 unspecified atom stereocenters. The van der Waals surface area contributed by atoms with Crippen LogP contribution in [0.4, 0.5) is 0 Å². The molecule has 0 atom stereocenters. The molecule has 19 heavy (non-hydrogen) atoms. The Kier molecular flexibility index (Phi) is 5.29. The van der Waals surface area contributed by atoms with Gasteiger partial charge in [0, 0.05) is 13.1 Å². The largest absolute Gasteiger partial charge is 0.376 e. The molecule has 0 aromatic carbocycles. The second-order valence-electron chi connectivity index (χ2n) is 4.74. The number of nitrogens with one attached hydrogen (secondary N) is 1. The van der Waals surface area contributed by atoms with Gasteiger partial charge in [0.2, 0.25) is 5.91 Å². The number of carbonyl (C=O) groups excluding carboxylic acids is 1. The van der Waals surface area contributed by atoms with E-state index in [-0.39, 0.29) is 12.5 Å². The Bertz CT molecular complexity index is 401. The zero-order valence-corrected chi connectivity index (χ0v) is 11.0. The minimum Gasteiger partial charge on any atom is -0.376 e. The van der Waals surface area contributed by atoms with Gasteiger partial charge in [-0.25, -0.2) is 4.68 Å². The van der Waals surface area contributed by atoms with Gasteiger partial charge >= 0.3 is 0 Å². The van der Waals surface area contributed by atoms with Crippen molar-refractivity contribution >= 4 is 5.91 Å². The van der Waals surface area contributed by atoms with E-state index in [0.717, 1.165) is 12.8 Å². The summed E-state index contributed by atoms with van der Waals surface area (Å²) in [5.74, 6) is -0.0940. The van der Waals surface area contributed by atoms with Gasteiger partial charge < -0.3 is 15.8 Å². The monoisotopic (exact) mass is 267 g/mol. The molecule has 1 fully saturated rings. The minimum atomic E-state index is -0.0940. The molecule has 0 saturated heterocycles. The number of hydrogen-bond acceptors (Lipinski definition) is 5. The summed E-state index contributed by atoms with van der Waals surface area (Å²) < 4.78 is 7.14. The maximum Gasteiger partial charge on any atom is 0.241 e. The van der Waals surface area contributed by atoms with Crippen LogP contribution in [-0.2, 0) is 22.6 Å². The molecule has 0 spiro atoms. The van der Waals surface area contributed by atoms with Crippen molar-refractivity contribution in [3.05, 3.63) is 11.9 Å². The fraction of sp³-hybridized carbons (Fsp3) is 0.750. The molecular weight excluding hydrogens is 246 g/mol. The number of carbonyl (C=O) groups is 1. The first kappa shape index (κ1) is 14.0. The Hall–Kier alpha value is -1.47. The smallest absolute Gasteiger partial charge is 0.241 e. The third-order valence-corrected chi connectivity index (χ3v) is 3.18. The van der Waals surface area contributed by atoms with Crippen LogP contribution in [0.2, 0.25) is 0 Å². The highest BCUT2D eigenvalue weighted by Gasteiger charge is 2.14. The number of nitrogens with zero attached hydrogens (tertiary/aromatic N) is 3. The van der Waals surface area contributed by atoms with Gasteiger partial charge in [-0.05, 0) is 12.8 Å². The molecule has 1 aromatic rings. The summed E-state index contributed by atoms with van der Waals surface area (Å²) in [4.78, 5) is 11.6. The second-order valence-corrected chi connectivity index (χ2v) is 4.74. The molecule has 0 bridgehead atoms. The van der Waals surface area contributed by atoms with Crippen molar-refractivity contribution < 1.29 is 9.53 Å². The molecule has 1 saturated carbocycles. The second kappa shape index (κ2) is 7.20. The summed E-state index contributed by atoms with van der Waals surface area (Å²) in [6.45, 7) is 1.60.